The first kappa shape index (κ1) is 15.7. The van der Waals surface area contributed by atoms with Gasteiger partial charge in [-0.05, 0) is 44.0 Å². The molecule has 0 atom stereocenters. The van der Waals surface area contributed by atoms with Gasteiger partial charge in [-0.1, -0.05) is 0 Å². The molecule has 1 aromatic carbocycles. The average molecular weight is 284 g/mol. The number of rotatable bonds is 5. The zero-order valence-electron chi connectivity index (χ0n) is 11.9. The molecule has 6 heteroatoms. The number of methoxy groups -OCH3 is 1. The molecule has 0 aliphatic rings. The minimum absolute atomic E-state index is 0.0905. The number of hydrogen-bond acceptors (Lipinski definition) is 4. The Labute approximate surface area is 114 Å². The molecule has 1 rings (SSSR count). The molecule has 106 valence electrons. The number of ether oxygens (including phenoxy) is 1. The normalized spacial score (nSPS) is 11.7. The molecule has 0 aromatic heterocycles. The molecule has 0 bridgehead atoms. The Morgan fingerprint density at radius 2 is 1.79 bits per heavy atom. The van der Waals surface area contributed by atoms with Gasteiger partial charge in [0.1, 0.15) is 5.75 Å². The Morgan fingerprint density at radius 3 is 2.16 bits per heavy atom. The highest BCUT2D eigenvalue weighted by atomic mass is 32.2. The van der Waals surface area contributed by atoms with Gasteiger partial charge in [0, 0.05) is 12.8 Å². The maximum Gasteiger partial charge on any atom is 0.243 e. The summed E-state index contributed by atoms with van der Waals surface area (Å²) in [5, 5.41) is 7.41. The first-order valence-corrected chi connectivity index (χ1v) is 7.29. The number of aryl methyl sites for hydroxylation is 2. The number of nitrogens with one attached hydrogen (secondary N) is 1. The fourth-order valence-electron chi connectivity index (χ4n) is 2.01. The van der Waals surface area contributed by atoms with Gasteiger partial charge in [0.25, 0.3) is 0 Å². The Bertz CT molecular complexity index is 571. The number of nitrogens with zero attached hydrogens (tertiary/aromatic N) is 1. The predicted molar refractivity (Wildman–Crippen MR) is 75.7 cm³/mol. The lowest BCUT2D eigenvalue weighted by molar-refractivity contribution is 0.413. The molecule has 0 heterocycles. The minimum Gasteiger partial charge on any atom is -0.497 e. The van der Waals surface area contributed by atoms with E-state index in [1.807, 2.05) is 0 Å². The Kier molecular flexibility index (Phi) is 4.70. The average Bonchev–Trinajstić information content (AvgIpc) is 2.26. The molecule has 0 saturated heterocycles. The molecule has 1 N–H and O–H groups in total. The van der Waals surface area contributed by atoms with Crippen LogP contribution in [-0.2, 0) is 10.0 Å². The quantitative estimate of drug-likeness (QED) is 0.840. The van der Waals surface area contributed by atoms with Crippen molar-refractivity contribution in [1.82, 2.24) is 4.31 Å². The summed E-state index contributed by atoms with van der Waals surface area (Å²) >= 11 is 0. The van der Waals surface area contributed by atoms with Crippen LogP contribution in [-0.4, -0.2) is 39.1 Å². The van der Waals surface area contributed by atoms with E-state index in [2.05, 4.69) is 0 Å². The van der Waals surface area contributed by atoms with Gasteiger partial charge in [-0.2, -0.15) is 4.31 Å². The second-order valence-electron chi connectivity index (χ2n) is 4.63. The van der Waals surface area contributed by atoms with E-state index in [0.717, 1.165) is 0 Å². The largest absolute Gasteiger partial charge is 0.497 e. The van der Waals surface area contributed by atoms with Crippen LogP contribution in [0.5, 0.6) is 5.75 Å². The van der Waals surface area contributed by atoms with E-state index in [-0.39, 0.29) is 11.4 Å². The Balaban J connectivity index is 3.33. The van der Waals surface area contributed by atoms with E-state index in [1.165, 1.54) is 11.4 Å². The van der Waals surface area contributed by atoms with Gasteiger partial charge in [0.05, 0.1) is 18.6 Å². The molecule has 19 heavy (non-hydrogen) atoms. The molecule has 5 nitrogen and oxygen atoms in total. The molecular weight excluding hydrogens is 264 g/mol. The van der Waals surface area contributed by atoms with Crippen molar-refractivity contribution in [3.63, 3.8) is 0 Å². The van der Waals surface area contributed by atoms with Gasteiger partial charge in [-0.3, -0.25) is 0 Å². The fourth-order valence-corrected chi connectivity index (χ4v) is 3.62. The smallest absolute Gasteiger partial charge is 0.243 e. The number of sulfonamides is 1. The summed E-state index contributed by atoms with van der Waals surface area (Å²) in [6.45, 7) is 5.16. The fraction of sp³-hybridized carbons (Fsp3) is 0.462. The third-order valence-corrected chi connectivity index (χ3v) is 4.91. The summed E-state index contributed by atoms with van der Waals surface area (Å²) in [7, 11) is -0.552. The summed E-state index contributed by atoms with van der Waals surface area (Å²) in [4.78, 5) is 0.289. The zero-order valence-corrected chi connectivity index (χ0v) is 12.8. The highest BCUT2D eigenvalue weighted by Gasteiger charge is 2.25. The number of benzene rings is 1. The van der Waals surface area contributed by atoms with Crippen LogP contribution in [0.1, 0.15) is 18.1 Å². The topological polar surface area (TPSA) is 70.5 Å². The lowest BCUT2D eigenvalue weighted by Gasteiger charge is -2.20. The van der Waals surface area contributed by atoms with Crippen LogP contribution in [0.15, 0.2) is 17.0 Å². The summed E-state index contributed by atoms with van der Waals surface area (Å²) in [5.74, 6) is 0.639. The molecular formula is C13H20N2O3S. The Hall–Kier alpha value is -1.40. The maximum atomic E-state index is 12.5. The van der Waals surface area contributed by atoms with E-state index in [1.54, 1.807) is 40.0 Å². The van der Waals surface area contributed by atoms with Crippen LogP contribution in [0, 0.1) is 19.3 Å². The van der Waals surface area contributed by atoms with Crippen LogP contribution in [0.2, 0.25) is 0 Å². The van der Waals surface area contributed by atoms with Crippen LogP contribution in [0.25, 0.3) is 0 Å². The summed E-state index contributed by atoms with van der Waals surface area (Å²) < 4.78 is 31.3. The van der Waals surface area contributed by atoms with Gasteiger partial charge in [0.15, 0.2) is 0 Å². The second-order valence-corrected chi connectivity index (χ2v) is 6.61. The second kappa shape index (κ2) is 5.71. The van der Waals surface area contributed by atoms with Crippen LogP contribution < -0.4 is 4.74 Å². The van der Waals surface area contributed by atoms with Crippen molar-refractivity contribution < 1.29 is 13.2 Å². The third-order valence-electron chi connectivity index (χ3n) is 2.80. The molecule has 1 aromatic rings. The SMILES string of the molecule is COc1cc(C)c(S(=O)(=O)N(C)CC(C)=N)c(C)c1. The van der Waals surface area contributed by atoms with Gasteiger partial charge < -0.3 is 10.1 Å². The standard InChI is InChI=1S/C13H20N2O3S/c1-9-6-12(18-5)7-10(2)13(9)19(16,17)15(4)8-11(3)14/h6-7,14H,8H2,1-5H3. The van der Waals surface area contributed by atoms with E-state index in [4.69, 9.17) is 10.1 Å². The molecule has 0 aliphatic heterocycles. The van der Waals surface area contributed by atoms with E-state index in [0.29, 0.717) is 22.6 Å². The highest BCUT2D eigenvalue weighted by molar-refractivity contribution is 7.89. The molecule has 0 saturated carbocycles. The van der Waals surface area contributed by atoms with E-state index >= 15 is 0 Å². The van der Waals surface area contributed by atoms with Gasteiger partial charge in [-0.25, -0.2) is 8.42 Å². The number of hydrogen-bond donors (Lipinski definition) is 1. The molecule has 0 spiro atoms. The minimum atomic E-state index is -3.58. The summed E-state index contributed by atoms with van der Waals surface area (Å²) in [6, 6.07) is 3.40. The molecule has 0 aliphatic carbocycles. The Morgan fingerprint density at radius 1 is 1.32 bits per heavy atom. The van der Waals surface area contributed by atoms with Gasteiger partial charge >= 0.3 is 0 Å². The molecule has 0 radical (unpaired) electrons. The zero-order chi connectivity index (χ0) is 14.8. The first-order chi connectivity index (χ1) is 8.70. The maximum absolute atomic E-state index is 12.5. The summed E-state index contributed by atoms with van der Waals surface area (Å²) in [5.41, 5.74) is 1.59. The van der Waals surface area contributed by atoms with Crippen molar-refractivity contribution in [2.45, 2.75) is 25.7 Å². The predicted octanol–water partition coefficient (Wildman–Crippen LogP) is 1.97. The summed E-state index contributed by atoms with van der Waals surface area (Å²) in [6.07, 6.45) is 0. The van der Waals surface area contributed by atoms with Crippen LogP contribution in [0.3, 0.4) is 0 Å². The lowest BCUT2D eigenvalue weighted by Crippen LogP contribution is -2.32. The highest BCUT2D eigenvalue weighted by Crippen LogP contribution is 2.27. The third kappa shape index (κ3) is 3.33. The van der Waals surface area contributed by atoms with E-state index in [9.17, 15) is 8.42 Å². The van der Waals surface area contributed by atoms with Crippen molar-refractivity contribution in [3.8, 4) is 5.75 Å². The lowest BCUT2D eigenvalue weighted by atomic mass is 10.1. The van der Waals surface area contributed by atoms with Crippen LogP contribution >= 0.6 is 0 Å². The van der Waals surface area contributed by atoms with E-state index < -0.39 is 10.0 Å². The van der Waals surface area contributed by atoms with Crippen molar-refractivity contribution in [2.24, 2.45) is 0 Å². The van der Waals surface area contributed by atoms with Gasteiger partial charge in [-0.15, -0.1) is 0 Å². The van der Waals surface area contributed by atoms with Gasteiger partial charge in [0.2, 0.25) is 10.0 Å². The van der Waals surface area contributed by atoms with Crippen molar-refractivity contribution >= 4 is 15.7 Å². The van der Waals surface area contributed by atoms with Crippen molar-refractivity contribution in [1.29, 1.82) is 5.41 Å². The first-order valence-electron chi connectivity index (χ1n) is 5.85. The van der Waals surface area contributed by atoms with Crippen molar-refractivity contribution in [3.05, 3.63) is 23.3 Å². The van der Waals surface area contributed by atoms with Crippen LogP contribution in [0.4, 0.5) is 0 Å². The molecule has 0 amide bonds. The molecule has 0 unspecified atom stereocenters. The molecule has 0 fully saturated rings. The monoisotopic (exact) mass is 284 g/mol. The van der Waals surface area contributed by atoms with Crippen molar-refractivity contribution in [2.75, 3.05) is 20.7 Å².